The van der Waals surface area contributed by atoms with Gasteiger partial charge in [0.25, 0.3) is 5.91 Å². The molecule has 0 atom stereocenters. The molecule has 1 aliphatic heterocycles. The van der Waals surface area contributed by atoms with Gasteiger partial charge in [-0.3, -0.25) is 14.7 Å². The zero-order valence-corrected chi connectivity index (χ0v) is 14.1. The number of hydrogen-bond donors (Lipinski definition) is 0. The minimum Gasteiger partial charge on any atom is -0.490 e. The van der Waals surface area contributed by atoms with E-state index in [0.717, 1.165) is 5.56 Å². The van der Waals surface area contributed by atoms with Crippen molar-refractivity contribution >= 4 is 28.9 Å². The van der Waals surface area contributed by atoms with Crippen molar-refractivity contribution in [2.45, 2.75) is 13.8 Å². The molecule has 6 heteroatoms. The molecule has 1 fully saturated rings. The monoisotopic (exact) mass is 320 g/mol. The largest absolute Gasteiger partial charge is 0.490 e. The van der Waals surface area contributed by atoms with Gasteiger partial charge >= 0.3 is 0 Å². The Morgan fingerprint density at radius 3 is 2.50 bits per heavy atom. The third kappa shape index (κ3) is 3.44. The number of aliphatic imine (C=N–C) groups is 1. The van der Waals surface area contributed by atoms with E-state index < -0.39 is 0 Å². The molecule has 0 aliphatic carbocycles. The summed E-state index contributed by atoms with van der Waals surface area (Å²) >= 11 is 1.37. The highest BCUT2D eigenvalue weighted by atomic mass is 32.2. The molecule has 0 radical (unpaired) electrons. The second kappa shape index (κ2) is 7.35. The average Bonchev–Trinajstić information content (AvgIpc) is 2.78. The van der Waals surface area contributed by atoms with E-state index in [1.807, 2.05) is 38.1 Å². The van der Waals surface area contributed by atoms with Crippen LogP contribution >= 0.6 is 11.8 Å². The Hall–Kier alpha value is -1.95. The summed E-state index contributed by atoms with van der Waals surface area (Å²) in [6.07, 6.45) is 1.85. The minimum absolute atomic E-state index is 0.0440. The number of benzene rings is 1. The number of carbonyl (C=O) groups excluding carboxylic acids is 1. The lowest BCUT2D eigenvalue weighted by Gasteiger charge is -2.11. The van der Waals surface area contributed by atoms with E-state index in [1.54, 1.807) is 19.0 Å². The first-order chi connectivity index (χ1) is 10.6. The van der Waals surface area contributed by atoms with Crippen LogP contribution in [0.3, 0.4) is 0 Å². The molecule has 1 aromatic rings. The predicted octanol–water partition coefficient (Wildman–Crippen LogP) is 3.02. The van der Waals surface area contributed by atoms with Crippen molar-refractivity contribution in [3.63, 3.8) is 0 Å². The summed E-state index contributed by atoms with van der Waals surface area (Å²) in [4.78, 5) is 18.5. The fourth-order valence-electron chi connectivity index (χ4n) is 2.06. The van der Waals surface area contributed by atoms with Crippen LogP contribution < -0.4 is 9.47 Å². The quantitative estimate of drug-likeness (QED) is 0.783. The van der Waals surface area contributed by atoms with E-state index in [9.17, 15) is 4.79 Å². The number of nitrogens with zero attached hydrogens (tertiary/aromatic N) is 2. The van der Waals surface area contributed by atoms with Gasteiger partial charge in [-0.1, -0.05) is 6.07 Å². The normalized spacial score (nSPS) is 18.4. The first kappa shape index (κ1) is 16.4. The maximum atomic E-state index is 12.2. The number of hydrogen-bond acceptors (Lipinski definition) is 5. The van der Waals surface area contributed by atoms with Gasteiger partial charge in [0.2, 0.25) is 0 Å². The lowest BCUT2D eigenvalue weighted by Crippen LogP contribution is -2.23. The van der Waals surface area contributed by atoms with E-state index in [2.05, 4.69) is 4.99 Å². The standard InChI is InChI=1S/C16H20N2O3S/c1-5-20-12-8-7-11(9-13(12)21-6-2)10-14-15(19)18(4)16(17-3)22-14/h7-10H,5-6H2,1-4H3/b14-10-,17-16?. The number of thioether (sulfide) groups is 1. The molecule has 1 heterocycles. The van der Waals surface area contributed by atoms with Gasteiger partial charge in [0.05, 0.1) is 18.1 Å². The molecule has 0 spiro atoms. The Morgan fingerprint density at radius 1 is 1.23 bits per heavy atom. The number of amides is 1. The fraction of sp³-hybridized carbons (Fsp3) is 0.375. The van der Waals surface area contributed by atoms with Crippen LogP contribution in [0, 0.1) is 0 Å². The number of rotatable bonds is 5. The molecule has 118 valence electrons. The van der Waals surface area contributed by atoms with Crippen molar-refractivity contribution in [1.29, 1.82) is 0 Å². The second-order valence-electron chi connectivity index (χ2n) is 4.55. The molecule has 1 aromatic carbocycles. The molecule has 1 saturated heterocycles. The summed E-state index contributed by atoms with van der Waals surface area (Å²) in [5, 5.41) is 0.701. The molecule has 22 heavy (non-hydrogen) atoms. The average molecular weight is 320 g/mol. The second-order valence-corrected chi connectivity index (χ2v) is 5.56. The predicted molar refractivity (Wildman–Crippen MR) is 90.5 cm³/mol. The van der Waals surface area contributed by atoms with Crippen molar-refractivity contribution in [1.82, 2.24) is 4.90 Å². The van der Waals surface area contributed by atoms with Gasteiger partial charge in [-0.15, -0.1) is 0 Å². The van der Waals surface area contributed by atoms with E-state index in [-0.39, 0.29) is 5.91 Å². The van der Waals surface area contributed by atoms with Crippen molar-refractivity contribution in [3.05, 3.63) is 28.7 Å². The Morgan fingerprint density at radius 2 is 1.91 bits per heavy atom. The minimum atomic E-state index is -0.0440. The smallest absolute Gasteiger partial charge is 0.266 e. The van der Waals surface area contributed by atoms with Gasteiger partial charge in [0.15, 0.2) is 16.7 Å². The fourth-order valence-corrected chi connectivity index (χ4v) is 2.99. The SMILES string of the molecule is CCOc1ccc(/C=C2\SC(=NC)N(C)C2=O)cc1OCC. The highest BCUT2D eigenvalue weighted by molar-refractivity contribution is 8.18. The van der Waals surface area contributed by atoms with Crippen molar-refractivity contribution in [2.75, 3.05) is 27.3 Å². The summed E-state index contributed by atoms with van der Waals surface area (Å²) in [6.45, 7) is 5.00. The van der Waals surface area contributed by atoms with Crippen LogP contribution in [0.25, 0.3) is 6.08 Å². The summed E-state index contributed by atoms with van der Waals surface area (Å²) in [5.41, 5.74) is 0.897. The molecule has 0 unspecified atom stereocenters. The topological polar surface area (TPSA) is 51.1 Å². The third-order valence-electron chi connectivity index (χ3n) is 3.06. The van der Waals surface area contributed by atoms with Crippen LogP contribution in [0.5, 0.6) is 11.5 Å². The Balaban J connectivity index is 2.32. The van der Waals surface area contributed by atoms with Gasteiger partial charge in [-0.2, -0.15) is 0 Å². The van der Waals surface area contributed by atoms with E-state index in [4.69, 9.17) is 9.47 Å². The Kier molecular flexibility index (Phi) is 5.49. The molecule has 0 aromatic heterocycles. The van der Waals surface area contributed by atoms with Crippen molar-refractivity contribution in [3.8, 4) is 11.5 Å². The van der Waals surface area contributed by atoms with E-state index >= 15 is 0 Å². The third-order valence-corrected chi connectivity index (χ3v) is 4.21. The molecule has 1 aliphatic rings. The summed E-state index contributed by atoms with van der Waals surface area (Å²) in [7, 11) is 3.40. The Labute approximate surface area is 135 Å². The molecule has 2 rings (SSSR count). The molecular formula is C16H20N2O3S. The molecular weight excluding hydrogens is 300 g/mol. The zero-order chi connectivity index (χ0) is 16.1. The lowest BCUT2D eigenvalue weighted by molar-refractivity contribution is -0.121. The first-order valence-electron chi connectivity index (χ1n) is 7.14. The van der Waals surface area contributed by atoms with Crippen molar-refractivity contribution in [2.24, 2.45) is 4.99 Å². The maximum absolute atomic E-state index is 12.2. The molecule has 1 amide bonds. The van der Waals surface area contributed by atoms with E-state index in [0.29, 0.717) is 34.8 Å². The number of carbonyl (C=O) groups is 1. The summed E-state index contributed by atoms with van der Waals surface area (Å²) in [5.74, 6) is 1.36. The van der Waals surface area contributed by atoms with Gasteiger partial charge < -0.3 is 9.47 Å². The first-order valence-corrected chi connectivity index (χ1v) is 7.96. The highest BCUT2D eigenvalue weighted by Gasteiger charge is 2.29. The molecule has 0 saturated carbocycles. The van der Waals surface area contributed by atoms with Gasteiger partial charge in [-0.25, -0.2) is 0 Å². The molecule has 0 N–H and O–H groups in total. The van der Waals surface area contributed by atoms with Crippen molar-refractivity contribution < 1.29 is 14.3 Å². The van der Waals surface area contributed by atoms with Gasteiger partial charge in [0.1, 0.15) is 0 Å². The van der Waals surface area contributed by atoms with E-state index in [1.165, 1.54) is 11.8 Å². The van der Waals surface area contributed by atoms with Crippen LogP contribution in [0.4, 0.5) is 0 Å². The van der Waals surface area contributed by atoms with Crippen LogP contribution in [0.2, 0.25) is 0 Å². The van der Waals surface area contributed by atoms with Crippen LogP contribution in [0.1, 0.15) is 19.4 Å². The summed E-state index contributed by atoms with van der Waals surface area (Å²) in [6, 6.07) is 5.66. The number of likely N-dealkylation sites (N-methyl/N-ethyl adjacent to an activating group) is 1. The van der Waals surface area contributed by atoms with Crippen LogP contribution in [-0.2, 0) is 4.79 Å². The molecule has 5 nitrogen and oxygen atoms in total. The lowest BCUT2D eigenvalue weighted by atomic mass is 10.2. The Bertz CT molecular complexity index is 626. The zero-order valence-electron chi connectivity index (χ0n) is 13.3. The van der Waals surface area contributed by atoms with Gasteiger partial charge in [0, 0.05) is 14.1 Å². The maximum Gasteiger partial charge on any atom is 0.266 e. The highest BCUT2D eigenvalue weighted by Crippen LogP contribution is 2.34. The van der Waals surface area contributed by atoms with Gasteiger partial charge in [-0.05, 0) is 49.4 Å². The molecule has 0 bridgehead atoms. The summed E-state index contributed by atoms with van der Waals surface area (Å²) < 4.78 is 11.1. The number of amidine groups is 1. The number of ether oxygens (including phenoxy) is 2. The van der Waals surface area contributed by atoms with Crippen LogP contribution in [-0.4, -0.2) is 43.3 Å². The van der Waals surface area contributed by atoms with Crippen LogP contribution in [0.15, 0.2) is 28.1 Å².